The van der Waals surface area contributed by atoms with Crippen molar-refractivity contribution in [3.63, 3.8) is 0 Å². The Morgan fingerprint density at radius 3 is 2.61 bits per heavy atom. The molecule has 4 nitrogen and oxygen atoms in total. The summed E-state index contributed by atoms with van der Waals surface area (Å²) in [6.07, 6.45) is 7.08. The average molecular weight is 318 g/mol. The summed E-state index contributed by atoms with van der Waals surface area (Å²) in [6.45, 7) is 0.554. The largest absolute Gasteiger partial charge is 0.352 e. The van der Waals surface area contributed by atoms with Gasteiger partial charge in [-0.05, 0) is 43.9 Å². The fourth-order valence-corrected chi connectivity index (χ4v) is 3.61. The van der Waals surface area contributed by atoms with Crippen LogP contribution in [0.15, 0.2) is 24.3 Å². The number of carbonyl (C=O) groups is 2. The van der Waals surface area contributed by atoms with Crippen molar-refractivity contribution in [1.82, 2.24) is 10.2 Å². The molecule has 2 fully saturated rings. The summed E-state index contributed by atoms with van der Waals surface area (Å²) >= 11 is 0. The van der Waals surface area contributed by atoms with Gasteiger partial charge in [0.25, 0.3) is 5.91 Å². The van der Waals surface area contributed by atoms with E-state index in [9.17, 15) is 14.0 Å². The van der Waals surface area contributed by atoms with Gasteiger partial charge in [0.1, 0.15) is 11.9 Å². The van der Waals surface area contributed by atoms with Gasteiger partial charge in [0.05, 0.1) is 0 Å². The highest BCUT2D eigenvalue weighted by atomic mass is 19.1. The maximum atomic E-state index is 13.3. The quantitative estimate of drug-likeness (QED) is 0.931. The second kappa shape index (κ2) is 7.11. The van der Waals surface area contributed by atoms with Crippen molar-refractivity contribution >= 4 is 11.8 Å². The third-order valence-corrected chi connectivity index (χ3v) is 4.84. The molecule has 23 heavy (non-hydrogen) atoms. The van der Waals surface area contributed by atoms with Crippen LogP contribution in [0.5, 0.6) is 0 Å². The predicted molar refractivity (Wildman–Crippen MR) is 85.5 cm³/mol. The molecule has 1 atom stereocenters. The van der Waals surface area contributed by atoms with Gasteiger partial charge in [-0.15, -0.1) is 0 Å². The van der Waals surface area contributed by atoms with Gasteiger partial charge >= 0.3 is 0 Å². The summed E-state index contributed by atoms with van der Waals surface area (Å²) < 4.78 is 13.3. The lowest BCUT2D eigenvalue weighted by molar-refractivity contribution is -0.125. The SMILES string of the molecule is O=C(NC1CCCCC1)[C@@H]1CCCN1C(=O)c1cccc(F)c1. The number of amides is 2. The molecule has 1 saturated heterocycles. The van der Waals surface area contributed by atoms with Crippen molar-refractivity contribution in [2.24, 2.45) is 0 Å². The van der Waals surface area contributed by atoms with Crippen molar-refractivity contribution in [1.29, 1.82) is 0 Å². The van der Waals surface area contributed by atoms with Crippen LogP contribution in [0.4, 0.5) is 4.39 Å². The van der Waals surface area contributed by atoms with Crippen LogP contribution in [-0.4, -0.2) is 35.3 Å². The fourth-order valence-electron chi connectivity index (χ4n) is 3.61. The lowest BCUT2D eigenvalue weighted by atomic mass is 9.95. The van der Waals surface area contributed by atoms with Crippen LogP contribution in [0.25, 0.3) is 0 Å². The Hall–Kier alpha value is -1.91. The molecule has 0 bridgehead atoms. The normalized spacial score (nSPS) is 22.1. The zero-order valence-corrected chi connectivity index (χ0v) is 13.3. The summed E-state index contributed by atoms with van der Waals surface area (Å²) in [7, 11) is 0. The third kappa shape index (κ3) is 3.71. The van der Waals surface area contributed by atoms with Gasteiger partial charge in [-0.25, -0.2) is 4.39 Å². The van der Waals surface area contributed by atoms with E-state index in [1.807, 2.05) is 0 Å². The number of likely N-dealkylation sites (tertiary alicyclic amines) is 1. The molecule has 2 amide bonds. The summed E-state index contributed by atoms with van der Waals surface area (Å²) in [5.41, 5.74) is 0.308. The Morgan fingerprint density at radius 2 is 1.87 bits per heavy atom. The number of benzene rings is 1. The van der Waals surface area contributed by atoms with Gasteiger partial charge in [-0.2, -0.15) is 0 Å². The number of nitrogens with zero attached hydrogens (tertiary/aromatic N) is 1. The van der Waals surface area contributed by atoms with E-state index in [-0.39, 0.29) is 17.9 Å². The molecule has 1 aromatic carbocycles. The van der Waals surface area contributed by atoms with Crippen molar-refractivity contribution in [3.8, 4) is 0 Å². The number of nitrogens with one attached hydrogen (secondary N) is 1. The van der Waals surface area contributed by atoms with Crippen LogP contribution in [0.1, 0.15) is 55.3 Å². The van der Waals surface area contributed by atoms with Crippen LogP contribution in [-0.2, 0) is 4.79 Å². The minimum absolute atomic E-state index is 0.0563. The second-order valence-electron chi connectivity index (χ2n) is 6.51. The van der Waals surface area contributed by atoms with Crippen molar-refractivity contribution < 1.29 is 14.0 Å². The second-order valence-corrected chi connectivity index (χ2v) is 6.51. The number of hydrogen-bond donors (Lipinski definition) is 1. The standard InChI is InChI=1S/C18H23FN2O2/c19-14-7-4-6-13(12-14)18(23)21-11-5-10-16(21)17(22)20-15-8-2-1-3-9-15/h4,6-7,12,15-16H,1-3,5,8-11H2,(H,20,22)/t16-/m0/s1. The van der Waals surface area contributed by atoms with E-state index < -0.39 is 11.9 Å². The van der Waals surface area contributed by atoms with Crippen LogP contribution >= 0.6 is 0 Å². The van der Waals surface area contributed by atoms with Crippen molar-refractivity contribution in [2.45, 2.75) is 57.0 Å². The first-order chi connectivity index (χ1) is 11.1. The molecule has 0 aromatic heterocycles. The van der Waals surface area contributed by atoms with E-state index in [1.165, 1.54) is 24.6 Å². The summed E-state index contributed by atoms with van der Waals surface area (Å²) in [6, 6.07) is 5.48. The number of carbonyl (C=O) groups excluding carboxylic acids is 2. The lowest BCUT2D eigenvalue weighted by Crippen LogP contribution is -2.49. The third-order valence-electron chi connectivity index (χ3n) is 4.84. The highest BCUT2D eigenvalue weighted by Crippen LogP contribution is 2.22. The molecule has 1 aliphatic carbocycles. The molecule has 1 aromatic rings. The van der Waals surface area contributed by atoms with Crippen molar-refractivity contribution in [3.05, 3.63) is 35.6 Å². The summed E-state index contributed by atoms with van der Waals surface area (Å²) in [5.74, 6) is -0.747. The lowest BCUT2D eigenvalue weighted by Gasteiger charge is -2.28. The van der Waals surface area contributed by atoms with Crippen LogP contribution in [0.3, 0.4) is 0 Å². The van der Waals surface area contributed by atoms with Crippen LogP contribution < -0.4 is 5.32 Å². The zero-order valence-electron chi connectivity index (χ0n) is 13.3. The zero-order chi connectivity index (χ0) is 16.2. The van der Waals surface area contributed by atoms with E-state index in [4.69, 9.17) is 0 Å². The van der Waals surface area contributed by atoms with Gasteiger partial charge < -0.3 is 10.2 Å². The number of hydrogen-bond acceptors (Lipinski definition) is 2. The summed E-state index contributed by atoms with van der Waals surface area (Å²) in [5, 5.41) is 3.10. The van der Waals surface area contributed by atoms with Gasteiger partial charge in [-0.3, -0.25) is 9.59 Å². The average Bonchev–Trinajstić information content (AvgIpc) is 3.05. The van der Waals surface area contributed by atoms with E-state index in [0.29, 0.717) is 18.5 Å². The maximum Gasteiger partial charge on any atom is 0.254 e. The smallest absolute Gasteiger partial charge is 0.254 e. The Labute approximate surface area is 136 Å². The molecular weight excluding hydrogens is 295 g/mol. The Kier molecular flexibility index (Phi) is 4.94. The number of halogens is 1. The monoisotopic (exact) mass is 318 g/mol. The van der Waals surface area contributed by atoms with E-state index >= 15 is 0 Å². The maximum absolute atomic E-state index is 13.3. The summed E-state index contributed by atoms with van der Waals surface area (Å²) in [4.78, 5) is 26.7. The van der Waals surface area contributed by atoms with Gasteiger partial charge in [-0.1, -0.05) is 25.3 Å². The first-order valence-corrected chi connectivity index (χ1v) is 8.52. The minimum atomic E-state index is -0.432. The Bertz CT molecular complexity index is 584. The van der Waals surface area contributed by atoms with Crippen LogP contribution in [0.2, 0.25) is 0 Å². The molecule has 0 spiro atoms. The molecule has 0 unspecified atom stereocenters. The molecular formula is C18H23FN2O2. The van der Waals surface area contributed by atoms with E-state index in [1.54, 1.807) is 11.0 Å². The van der Waals surface area contributed by atoms with Gasteiger partial charge in [0, 0.05) is 18.2 Å². The molecule has 0 radical (unpaired) electrons. The molecule has 1 N–H and O–H groups in total. The predicted octanol–water partition coefficient (Wildman–Crippen LogP) is 2.88. The molecule has 1 saturated carbocycles. The van der Waals surface area contributed by atoms with E-state index in [0.717, 1.165) is 32.1 Å². The fraction of sp³-hybridized carbons (Fsp3) is 0.556. The van der Waals surface area contributed by atoms with Gasteiger partial charge in [0.15, 0.2) is 0 Å². The highest BCUT2D eigenvalue weighted by Gasteiger charge is 2.35. The van der Waals surface area contributed by atoms with Crippen molar-refractivity contribution in [2.75, 3.05) is 6.54 Å². The first kappa shape index (κ1) is 16.0. The molecule has 1 heterocycles. The molecule has 3 rings (SSSR count). The molecule has 5 heteroatoms. The first-order valence-electron chi connectivity index (χ1n) is 8.52. The van der Waals surface area contributed by atoms with Gasteiger partial charge in [0.2, 0.25) is 5.91 Å². The minimum Gasteiger partial charge on any atom is -0.352 e. The molecule has 124 valence electrons. The molecule has 2 aliphatic rings. The Morgan fingerprint density at radius 1 is 1.09 bits per heavy atom. The Balaban J connectivity index is 1.67. The molecule has 1 aliphatic heterocycles. The topological polar surface area (TPSA) is 49.4 Å². The van der Waals surface area contributed by atoms with E-state index in [2.05, 4.69) is 5.32 Å². The highest BCUT2D eigenvalue weighted by molar-refractivity contribution is 5.98. The van der Waals surface area contributed by atoms with Crippen LogP contribution in [0, 0.1) is 5.82 Å². The number of rotatable bonds is 3.